The first-order chi connectivity index (χ1) is 10.2. The molecule has 0 aliphatic rings. The number of fused-ring (bicyclic) bond motifs is 1. The maximum atomic E-state index is 12.3. The van der Waals surface area contributed by atoms with Crippen molar-refractivity contribution in [1.82, 2.24) is 15.5 Å². The summed E-state index contributed by atoms with van der Waals surface area (Å²) in [6.07, 6.45) is 0.801. The number of rotatable bonds is 4. The Kier molecular flexibility index (Phi) is 3.69. The third-order valence-electron chi connectivity index (χ3n) is 3.45. The molecule has 4 nitrogen and oxygen atoms in total. The summed E-state index contributed by atoms with van der Waals surface area (Å²) in [6, 6.07) is 17.8. The summed E-state index contributed by atoms with van der Waals surface area (Å²) in [5, 5.41) is 10.8. The van der Waals surface area contributed by atoms with Gasteiger partial charge in [0.2, 0.25) is 0 Å². The molecular formula is C17H17N3O. The number of nitrogens with zero attached hydrogens (tertiary/aromatic N) is 1. The van der Waals surface area contributed by atoms with Crippen molar-refractivity contribution in [3.63, 3.8) is 0 Å². The van der Waals surface area contributed by atoms with E-state index in [1.165, 1.54) is 5.56 Å². The summed E-state index contributed by atoms with van der Waals surface area (Å²) in [5.74, 6) is -0.143. The lowest BCUT2D eigenvalue weighted by Gasteiger charge is -2.13. The molecule has 2 N–H and O–H groups in total. The van der Waals surface area contributed by atoms with Crippen LogP contribution in [0.4, 0.5) is 0 Å². The Labute approximate surface area is 123 Å². The van der Waals surface area contributed by atoms with Crippen LogP contribution in [0.5, 0.6) is 0 Å². The predicted octanol–water partition coefficient (Wildman–Crippen LogP) is 2.92. The number of hydrogen-bond donors (Lipinski definition) is 2. The number of carbonyl (C=O) groups excluding carboxylic acids is 1. The number of nitrogens with one attached hydrogen (secondary N) is 2. The molecule has 0 aliphatic carbocycles. The summed E-state index contributed by atoms with van der Waals surface area (Å²) in [6.45, 7) is 2.00. The van der Waals surface area contributed by atoms with Gasteiger partial charge in [-0.3, -0.25) is 9.89 Å². The fourth-order valence-electron chi connectivity index (χ4n) is 2.45. The molecule has 4 heteroatoms. The summed E-state index contributed by atoms with van der Waals surface area (Å²) < 4.78 is 0. The molecule has 2 aromatic carbocycles. The van der Waals surface area contributed by atoms with Crippen LogP contribution in [0, 0.1) is 0 Å². The van der Waals surface area contributed by atoms with Crippen molar-refractivity contribution >= 4 is 16.8 Å². The molecule has 0 saturated heterocycles. The van der Waals surface area contributed by atoms with Crippen LogP contribution in [0.25, 0.3) is 10.9 Å². The second kappa shape index (κ2) is 5.79. The molecule has 1 aromatic heterocycles. The van der Waals surface area contributed by atoms with Crippen molar-refractivity contribution in [3.8, 4) is 0 Å². The summed E-state index contributed by atoms with van der Waals surface area (Å²) in [4.78, 5) is 12.3. The molecule has 0 bridgehead atoms. The Morgan fingerprint density at radius 2 is 1.86 bits per heavy atom. The van der Waals surface area contributed by atoms with E-state index in [-0.39, 0.29) is 11.9 Å². The van der Waals surface area contributed by atoms with Crippen LogP contribution >= 0.6 is 0 Å². The van der Waals surface area contributed by atoms with Crippen LogP contribution in [0.2, 0.25) is 0 Å². The van der Waals surface area contributed by atoms with Gasteiger partial charge in [-0.1, -0.05) is 48.5 Å². The zero-order valence-electron chi connectivity index (χ0n) is 11.8. The van der Waals surface area contributed by atoms with E-state index in [0.29, 0.717) is 5.69 Å². The summed E-state index contributed by atoms with van der Waals surface area (Å²) in [7, 11) is 0. The molecule has 1 unspecified atom stereocenters. The van der Waals surface area contributed by atoms with Crippen LogP contribution in [-0.4, -0.2) is 22.1 Å². The van der Waals surface area contributed by atoms with Gasteiger partial charge in [0.25, 0.3) is 5.91 Å². The van der Waals surface area contributed by atoms with Gasteiger partial charge in [-0.2, -0.15) is 5.10 Å². The zero-order valence-corrected chi connectivity index (χ0v) is 11.8. The number of amides is 1. The molecule has 0 fully saturated rings. The standard InChI is InChI=1S/C17H17N3O/c1-12(11-13-7-3-2-4-8-13)18-17(21)16-14-9-5-6-10-15(14)19-20-16/h2-10,12H,11H2,1H3,(H,18,21)(H,19,20). The molecule has 1 atom stereocenters. The fraction of sp³-hybridized carbons (Fsp3) is 0.176. The van der Waals surface area contributed by atoms with Crippen molar-refractivity contribution < 1.29 is 4.79 Å². The minimum atomic E-state index is -0.143. The number of hydrogen-bond acceptors (Lipinski definition) is 2. The zero-order chi connectivity index (χ0) is 14.7. The molecule has 1 heterocycles. The third-order valence-corrected chi connectivity index (χ3v) is 3.45. The van der Waals surface area contributed by atoms with Crippen LogP contribution in [0.15, 0.2) is 54.6 Å². The van der Waals surface area contributed by atoms with E-state index < -0.39 is 0 Å². The largest absolute Gasteiger partial charge is 0.348 e. The lowest BCUT2D eigenvalue weighted by molar-refractivity contribution is 0.0936. The van der Waals surface area contributed by atoms with Gasteiger partial charge in [0.05, 0.1) is 5.52 Å². The van der Waals surface area contributed by atoms with E-state index in [1.54, 1.807) is 0 Å². The van der Waals surface area contributed by atoms with Gasteiger partial charge in [-0.05, 0) is 25.0 Å². The van der Waals surface area contributed by atoms with Gasteiger partial charge in [-0.25, -0.2) is 0 Å². The molecule has 0 aliphatic heterocycles. The Bertz CT molecular complexity index is 749. The average Bonchev–Trinajstić information content (AvgIpc) is 2.92. The normalized spacial score (nSPS) is 12.2. The average molecular weight is 279 g/mol. The quantitative estimate of drug-likeness (QED) is 0.771. The Balaban J connectivity index is 1.71. The molecule has 0 spiro atoms. The minimum absolute atomic E-state index is 0.0513. The highest BCUT2D eigenvalue weighted by Crippen LogP contribution is 2.15. The second-order valence-electron chi connectivity index (χ2n) is 5.18. The van der Waals surface area contributed by atoms with Gasteiger partial charge in [0.1, 0.15) is 0 Å². The topological polar surface area (TPSA) is 57.8 Å². The number of benzene rings is 2. The Morgan fingerprint density at radius 1 is 1.14 bits per heavy atom. The van der Waals surface area contributed by atoms with Gasteiger partial charge in [-0.15, -0.1) is 0 Å². The molecular weight excluding hydrogens is 262 g/mol. The highest BCUT2D eigenvalue weighted by molar-refractivity contribution is 6.04. The molecule has 3 aromatic rings. The van der Waals surface area contributed by atoms with E-state index in [1.807, 2.05) is 49.4 Å². The first kappa shape index (κ1) is 13.4. The second-order valence-corrected chi connectivity index (χ2v) is 5.18. The molecule has 106 valence electrons. The molecule has 1 amide bonds. The lowest BCUT2D eigenvalue weighted by Crippen LogP contribution is -2.34. The van der Waals surface area contributed by atoms with E-state index in [0.717, 1.165) is 17.3 Å². The maximum Gasteiger partial charge on any atom is 0.272 e. The predicted molar refractivity (Wildman–Crippen MR) is 83.2 cm³/mol. The van der Waals surface area contributed by atoms with E-state index >= 15 is 0 Å². The first-order valence-electron chi connectivity index (χ1n) is 7.02. The molecule has 3 rings (SSSR count). The van der Waals surface area contributed by atoms with Gasteiger partial charge >= 0.3 is 0 Å². The van der Waals surface area contributed by atoms with Crippen molar-refractivity contribution in [1.29, 1.82) is 0 Å². The van der Waals surface area contributed by atoms with Crippen LogP contribution < -0.4 is 5.32 Å². The molecule has 21 heavy (non-hydrogen) atoms. The highest BCUT2D eigenvalue weighted by atomic mass is 16.2. The van der Waals surface area contributed by atoms with E-state index in [2.05, 4.69) is 27.6 Å². The van der Waals surface area contributed by atoms with Crippen molar-refractivity contribution in [2.24, 2.45) is 0 Å². The molecule has 0 radical (unpaired) electrons. The van der Waals surface area contributed by atoms with Crippen LogP contribution in [0.3, 0.4) is 0 Å². The lowest BCUT2D eigenvalue weighted by atomic mass is 10.1. The monoisotopic (exact) mass is 279 g/mol. The number of carbonyl (C=O) groups is 1. The van der Waals surface area contributed by atoms with Crippen LogP contribution in [0.1, 0.15) is 23.0 Å². The number of aromatic amines is 1. The Morgan fingerprint density at radius 3 is 2.67 bits per heavy atom. The Hall–Kier alpha value is -2.62. The molecule has 0 saturated carbocycles. The van der Waals surface area contributed by atoms with Crippen molar-refractivity contribution in [2.45, 2.75) is 19.4 Å². The maximum absolute atomic E-state index is 12.3. The van der Waals surface area contributed by atoms with Crippen LogP contribution in [-0.2, 0) is 6.42 Å². The highest BCUT2D eigenvalue weighted by Gasteiger charge is 2.15. The van der Waals surface area contributed by atoms with Gasteiger partial charge in [0.15, 0.2) is 5.69 Å². The van der Waals surface area contributed by atoms with Crippen molar-refractivity contribution in [3.05, 3.63) is 65.9 Å². The third kappa shape index (κ3) is 2.94. The van der Waals surface area contributed by atoms with E-state index in [4.69, 9.17) is 0 Å². The first-order valence-corrected chi connectivity index (χ1v) is 7.02. The SMILES string of the molecule is CC(Cc1ccccc1)NC(=O)c1n[nH]c2ccccc12. The van der Waals surface area contributed by atoms with Gasteiger partial charge in [0, 0.05) is 11.4 Å². The van der Waals surface area contributed by atoms with Gasteiger partial charge < -0.3 is 5.32 Å². The number of H-pyrrole nitrogens is 1. The number of para-hydroxylation sites is 1. The fourth-order valence-corrected chi connectivity index (χ4v) is 2.45. The van der Waals surface area contributed by atoms with Crippen molar-refractivity contribution in [2.75, 3.05) is 0 Å². The smallest absolute Gasteiger partial charge is 0.272 e. The summed E-state index contributed by atoms with van der Waals surface area (Å²) in [5.41, 5.74) is 2.53. The van der Waals surface area contributed by atoms with E-state index in [9.17, 15) is 4.79 Å². The minimum Gasteiger partial charge on any atom is -0.348 e. The summed E-state index contributed by atoms with van der Waals surface area (Å²) >= 11 is 0. The number of aromatic nitrogens is 2.